The first-order valence-corrected chi connectivity index (χ1v) is 7.69. The van der Waals surface area contributed by atoms with Crippen molar-refractivity contribution in [2.24, 2.45) is 0 Å². The molecule has 23 heavy (non-hydrogen) atoms. The Kier molecular flexibility index (Phi) is 4.68. The van der Waals surface area contributed by atoms with Crippen molar-refractivity contribution < 1.29 is 0 Å². The van der Waals surface area contributed by atoms with Crippen LogP contribution in [0.25, 0.3) is 0 Å². The third-order valence-electron chi connectivity index (χ3n) is 3.29. The standard InChI is InChI=1S/C17H16ClN5/c1-2-12-3-7-14(8-4-12)20-16-11-19-23-17(22-16)21-15-9-5-13(18)6-10-15/h3-11H,2H2,1H3,(H2,20,21,22,23). The maximum Gasteiger partial charge on any atom is 0.249 e. The molecule has 0 aliphatic rings. The van der Waals surface area contributed by atoms with E-state index in [1.807, 2.05) is 24.3 Å². The van der Waals surface area contributed by atoms with Crippen molar-refractivity contribution in [3.8, 4) is 0 Å². The molecule has 0 unspecified atom stereocenters. The number of halogens is 1. The van der Waals surface area contributed by atoms with E-state index < -0.39 is 0 Å². The summed E-state index contributed by atoms with van der Waals surface area (Å²) in [6, 6.07) is 15.5. The van der Waals surface area contributed by atoms with Gasteiger partial charge in [0, 0.05) is 16.4 Å². The van der Waals surface area contributed by atoms with Crippen molar-refractivity contribution in [3.05, 3.63) is 65.3 Å². The van der Waals surface area contributed by atoms with E-state index in [4.69, 9.17) is 11.6 Å². The van der Waals surface area contributed by atoms with E-state index in [2.05, 4.69) is 44.9 Å². The Morgan fingerprint density at radius 1 is 0.913 bits per heavy atom. The molecule has 0 aliphatic carbocycles. The summed E-state index contributed by atoms with van der Waals surface area (Å²) in [6.07, 6.45) is 2.60. The molecule has 0 spiro atoms. The van der Waals surface area contributed by atoms with Crippen LogP contribution >= 0.6 is 11.6 Å². The summed E-state index contributed by atoms with van der Waals surface area (Å²) >= 11 is 5.87. The van der Waals surface area contributed by atoms with Crippen molar-refractivity contribution in [1.82, 2.24) is 15.2 Å². The highest BCUT2D eigenvalue weighted by Gasteiger charge is 2.02. The van der Waals surface area contributed by atoms with Gasteiger partial charge in [-0.15, -0.1) is 5.10 Å². The molecule has 1 aromatic heterocycles. The molecule has 5 nitrogen and oxygen atoms in total. The van der Waals surface area contributed by atoms with Crippen molar-refractivity contribution in [1.29, 1.82) is 0 Å². The first kappa shape index (κ1) is 15.2. The second-order valence-electron chi connectivity index (χ2n) is 4.97. The third-order valence-corrected chi connectivity index (χ3v) is 3.55. The lowest BCUT2D eigenvalue weighted by atomic mass is 10.1. The molecule has 0 atom stereocenters. The predicted octanol–water partition coefficient (Wildman–Crippen LogP) is 4.57. The van der Waals surface area contributed by atoms with Crippen molar-refractivity contribution in [2.45, 2.75) is 13.3 Å². The molecule has 0 aliphatic heterocycles. The number of hydrogen-bond donors (Lipinski definition) is 2. The van der Waals surface area contributed by atoms with Gasteiger partial charge in [0.15, 0.2) is 5.82 Å². The van der Waals surface area contributed by atoms with Crippen LogP contribution in [0.4, 0.5) is 23.1 Å². The molecule has 1 heterocycles. The maximum atomic E-state index is 5.87. The SMILES string of the molecule is CCc1ccc(Nc2cnnc(Nc3ccc(Cl)cc3)n2)cc1. The van der Waals surface area contributed by atoms with E-state index in [0.717, 1.165) is 17.8 Å². The van der Waals surface area contributed by atoms with E-state index in [1.54, 1.807) is 18.3 Å². The number of rotatable bonds is 5. The van der Waals surface area contributed by atoms with Crippen LogP contribution < -0.4 is 10.6 Å². The molecule has 3 aromatic rings. The second-order valence-corrected chi connectivity index (χ2v) is 5.41. The highest BCUT2D eigenvalue weighted by Crippen LogP contribution is 2.19. The largest absolute Gasteiger partial charge is 0.339 e. The van der Waals surface area contributed by atoms with Gasteiger partial charge in [-0.25, -0.2) is 0 Å². The van der Waals surface area contributed by atoms with Gasteiger partial charge in [-0.2, -0.15) is 10.1 Å². The predicted molar refractivity (Wildman–Crippen MR) is 93.7 cm³/mol. The van der Waals surface area contributed by atoms with Crippen molar-refractivity contribution in [3.63, 3.8) is 0 Å². The second kappa shape index (κ2) is 7.07. The van der Waals surface area contributed by atoms with E-state index in [-0.39, 0.29) is 0 Å². The Balaban J connectivity index is 1.72. The van der Waals surface area contributed by atoms with E-state index in [9.17, 15) is 0 Å². The zero-order valence-corrected chi connectivity index (χ0v) is 13.4. The molecule has 0 amide bonds. The van der Waals surface area contributed by atoms with Gasteiger partial charge in [-0.3, -0.25) is 0 Å². The molecule has 0 bridgehead atoms. The minimum atomic E-state index is 0.419. The topological polar surface area (TPSA) is 62.7 Å². The van der Waals surface area contributed by atoms with Gasteiger partial charge >= 0.3 is 0 Å². The van der Waals surface area contributed by atoms with E-state index in [0.29, 0.717) is 16.8 Å². The Bertz CT molecular complexity index is 772. The van der Waals surface area contributed by atoms with Gasteiger partial charge in [-0.1, -0.05) is 30.7 Å². The zero-order chi connectivity index (χ0) is 16.1. The lowest BCUT2D eigenvalue weighted by Gasteiger charge is -2.08. The van der Waals surface area contributed by atoms with Crippen LogP contribution in [0.1, 0.15) is 12.5 Å². The minimum Gasteiger partial charge on any atom is -0.339 e. The highest BCUT2D eigenvalue weighted by atomic mass is 35.5. The summed E-state index contributed by atoms with van der Waals surface area (Å²) in [4.78, 5) is 4.40. The van der Waals surface area contributed by atoms with Gasteiger partial charge in [0.1, 0.15) is 0 Å². The summed E-state index contributed by atoms with van der Waals surface area (Å²) in [7, 11) is 0. The van der Waals surface area contributed by atoms with Crippen LogP contribution in [0.3, 0.4) is 0 Å². The first-order chi connectivity index (χ1) is 11.2. The van der Waals surface area contributed by atoms with Gasteiger partial charge in [0.05, 0.1) is 6.20 Å². The van der Waals surface area contributed by atoms with Crippen molar-refractivity contribution >= 4 is 34.7 Å². The van der Waals surface area contributed by atoms with Crippen LogP contribution in [-0.2, 0) is 6.42 Å². The summed E-state index contributed by atoms with van der Waals surface area (Å²) in [5.41, 5.74) is 3.10. The number of nitrogens with one attached hydrogen (secondary N) is 2. The number of nitrogens with zero attached hydrogens (tertiary/aromatic N) is 3. The molecule has 2 N–H and O–H groups in total. The van der Waals surface area contributed by atoms with Crippen molar-refractivity contribution in [2.75, 3.05) is 10.6 Å². The Morgan fingerprint density at radius 3 is 2.26 bits per heavy atom. The average Bonchev–Trinajstić information content (AvgIpc) is 2.58. The fourth-order valence-corrected chi connectivity index (χ4v) is 2.18. The molecule has 0 fully saturated rings. The highest BCUT2D eigenvalue weighted by molar-refractivity contribution is 6.30. The minimum absolute atomic E-state index is 0.419. The molecule has 0 saturated heterocycles. The molecule has 2 aromatic carbocycles. The monoisotopic (exact) mass is 325 g/mol. The lowest BCUT2D eigenvalue weighted by molar-refractivity contribution is 0.982. The summed E-state index contributed by atoms with van der Waals surface area (Å²) in [5.74, 6) is 1.04. The van der Waals surface area contributed by atoms with Crippen LogP contribution in [0, 0.1) is 0 Å². The Morgan fingerprint density at radius 2 is 1.57 bits per heavy atom. The fourth-order valence-electron chi connectivity index (χ4n) is 2.05. The van der Waals surface area contributed by atoms with Gasteiger partial charge in [-0.05, 0) is 48.4 Å². The van der Waals surface area contributed by atoms with Crippen LogP contribution in [0.15, 0.2) is 54.7 Å². The zero-order valence-electron chi connectivity index (χ0n) is 12.6. The normalized spacial score (nSPS) is 10.3. The quantitative estimate of drug-likeness (QED) is 0.719. The van der Waals surface area contributed by atoms with Crippen LogP contribution in [0.5, 0.6) is 0 Å². The fraction of sp³-hybridized carbons (Fsp3) is 0.118. The van der Waals surface area contributed by atoms with Gasteiger partial charge < -0.3 is 10.6 Å². The first-order valence-electron chi connectivity index (χ1n) is 7.31. The summed E-state index contributed by atoms with van der Waals surface area (Å²) in [5, 5.41) is 14.9. The third kappa shape index (κ3) is 4.17. The number of aryl methyl sites for hydroxylation is 1. The van der Waals surface area contributed by atoms with Gasteiger partial charge in [0.25, 0.3) is 0 Å². The molecular weight excluding hydrogens is 310 g/mol. The number of anilines is 4. The molecular formula is C17H16ClN5. The van der Waals surface area contributed by atoms with Crippen LogP contribution in [0.2, 0.25) is 5.02 Å². The van der Waals surface area contributed by atoms with E-state index >= 15 is 0 Å². The van der Waals surface area contributed by atoms with E-state index in [1.165, 1.54) is 5.56 Å². The summed E-state index contributed by atoms with van der Waals surface area (Å²) in [6.45, 7) is 2.13. The summed E-state index contributed by atoms with van der Waals surface area (Å²) < 4.78 is 0. The lowest BCUT2D eigenvalue weighted by Crippen LogP contribution is -2.02. The molecule has 0 radical (unpaired) electrons. The Hall–Kier alpha value is -2.66. The molecule has 116 valence electrons. The average molecular weight is 326 g/mol. The maximum absolute atomic E-state index is 5.87. The number of hydrogen-bond acceptors (Lipinski definition) is 5. The molecule has 3 rings (SSSR count). The molecule has 0 saturated carbocycles. The molecule has 6 heteroatoms. The Labute approximate surface area is 139 Å². The smallest absolute Gasteiger partial charge is 0.249 e. The number of benzene rings is 2. The van der Waals surface area contributed by atoms with Crippen LogP contribution in [-0.4, -0.2) is 15.2 Å². The number of aromatic nitrogens is 3. The van der Waals surface area contributed by atoms with Gasteiger partial charge in [0.2, 0.25) is 5.95 Å².